The van der Waals surface area contributed by atoms with Gasteiger partial charge in [-0.15, -0.1) is 0 Å². The first-order chi connectivity index (χ1) is 15.3. The van der Waals surface area contributed by atoms with Crippen molar-refractivity contribution in [2.75, 3.05) is 0 Å². The minimum atomic E-state index is -0.623. The fourth-order valence-electron chi connectivity index (χ4n) is 4.17. The molecule has 5 aromatic rings. The summed E-state index contributed by atoms with van der Waals surface area (Å²) in [7, 11) is 0. The summed E-state index contributed by atoms with van der Waals surface area (Å²) in [6.07, 6.45) is 5.35. The Hall–Kier alpha value is -4.05. The average Bonchev–Trinajstić information content (AvgIpc) is 3.33. The highest BCUT2D eigenvalue weighted by atomic mass is 19.1. The summed E-state index contributed by atoms with van der Waals surface area (Å²) in [5, 5.41) is 0. The summed E-state index contributed by atoms with van der Waals surface area (Å²) in [5.41, 5.74) is 4.24. The number of imidazole rings is 1. The highest BCUT2D eigenvalue weighted by Crippen LogP contribution is 2.41. The molecule has 3 nitrogen and oxygen atoms in total. The molecule has 150 valence electrons. The van der Waals surface area contributed by atoms with Crippen molar-refractivity contribution < 1.29 is 4.39 Å². The maximum absolute atomic E-state index is 13.3. The molecule has 0 saturated heterocycles. The van der Waals surface area contributed by atoms with E-state index in [9.17, 15) is 4.39 Å². The van der Waals surface area contributed by atoms with E-state index in [4.69, 9.17) is 0 Å². The predicted molar refractivity (Wildman–Crippen MR) is 120 cm³/mol. The summed E-state index contributed by atoms with van der Waals surface area (Å²) >= 11 is 0. The Morgan fingerprint density at radius 1 is 0.613 bits per heavy atom. The first kappa shape index (κ1) is 18.9. The number of rotatable bonds is 5. The molecule has 31 heavy (non-hydrogen) atoms. The quantitative estimate of drug-likeness (QED) is 0.268. The zero-order valence-electron chi connectivity index (χ0n) is 16.8. The second-order valence-electron chi connectivity index (χ2n) is 7.34. The van der Waals surface area contributed by atoms with Gasteiger partial charge in [0.15, 0.2) is 0 Å². The number of halogens is 1. The van der Waals surface area contributed by atoms with Crippen molar-refractivity contribution in [3.8, 4) is 11.3 Å². The third kappa shape index (κ3) is 3.32. The third-order valence-corrected chi connectivity index (χ3v) is 5.57. The van der Waals surface area contributed by atoms with Crippen molar-refractivity contribution in [2.24, 2.45) is 0 Å². The number of aromatic nitrogens is 3. The van der Waals surface area contributed by atoms with E-state index in [0.717, 1.165) is 27.9 Å². The van der Waals surface area contributed by atoms with Crippen molar-refractivity contribution in [2.45, 2.75) is 5.54 Å². The van der Waals surface area contributed by atoms with E-state index in [1.165, 1.54) is 12.3 Å². The summed E-state index contributed by atoms with van der Waals surface area (Å²) in [4.78, 5) is 8.44. The van der Waals surface area contributed by atoms with Gasteiger partial charge in [-0.1, -0.05) is 91.0 Å². The van der Waals surface area contributed by atoms with Gasteiger partial charge in [-0.2, -0.15) is 4.39 Å². The average molecular weight is 405 g/mol. The zero-order chi connectivity index (χ0) is 21.1. The van der Waals surface area contributed by atoms with Crippen LogP contribution in [-0.2, 0) is 5.54 Å². The second kappa shape index (κ2) is 8.00. The predicted octanol–water partition coefficient (Wildman–Crippen LogP) is 5.92. The van der Waals surface area contributed by atoms with Crippen LogP contribution in [0.25, 0.3) is 11.3 Å². The van der Waals surface area contributed by atoms with E-state index in [1.54, 1.807) is 6.07 Å². The van der Waals surface area contributed by atoms with Crippen LogP contribution in [0, 0.1) is 5.95 Å². The lowest BCUT2D eigenvalue weighted by atomic mass is 9.77. The summed E-state index contributed by atoms with van der Waals surface area (Å²) in [6.45, 7) is 0. The third-order valence-electron chi connectivity index (χ3n) is 5.57. The van der Waals surface area contributed by atoms with E-state index < -0.39 is 11.5 Å². The summed E-state index contributed by atoms with van der Waals surface area (Å²) in [6, 6.07) is 34.3. The Kier molecular flexibility index (Phi) is 4.89. The Balaban J connectivity index is 1.80. The molecule has 0 bridgehead atoms. The topological polar surface area (TPSA) is 30.7 Å². The highest BCUT2D eigenvalue weighted by Gasteiger charge is 2.38. The molecular weight excluding hydrogens is 385 g/mol. The van der Waals surface area contributed by atoms with Gasteiger partial charge < -0.3 is 4.57 Å². The molecule has 0 fully saturated rings. The maximum Gasteiger partial charge on any atom is 0.212 e. The van der Waals surface area contributed by atoms with Crippen molar-refractivity contribution in [1.82, 2.24) is 14.5 Å². The molecule has 0 unspecified atom stereocenters. The standard InChI is InChI=1S/C27H20FN3/c28-26-17-16-21(18-29-26)25-19-31(20-30-25)27(22-10-4-1-5-11-22,23-12-6-2-7-13-23)24-14-8-3-9-15-24/h1-20H. The number of pyridine rings is 1. The Bertz CT molecular complexity index is 1170. The molecule has 0 amide bonds. The van der Waals surface area contributed by atoms with Crippen molar-refractivity contribution in [3.63, 3.8) is 0 Å². The minimum absolute atomic E-state index is 0.504. The molecule has 4 heteroatoms. The number of benzene rings is 3. The van der Waals surface area contributed by atoms with E-state index in [2.05, 4.69) is 87.3 Å². The molecule has 0 saturated carbocycles. The van der Waals surface area contributed by atoms with Gasteiger partial charge in [-0.3, -0.25) is 0 Å². The van der Waals surface area contributed by atoms with Crippen LogP contribution in [0.3, 0.4) is 0 Å². The van der Waals surface area contributed by atoms with Crippen LogP contribution in [0.2, 0.25) is 0 Å². The molecule has 0 aliphatic carbocycles. The van der Waals surface area contributed by atoms with Crippen LogP contribution in [-0.4, -0.2) is 14.5 Å². The molecule has 0 radical (unpaired) electrons. The van der Waals surface area contributed by atoms with Crippen LogP contribution in [0.4, 0.5) is 4.39 Å². The normalized spacial score (nSPS) is 11.4. The lowest BCUT2D eigenvalue weighted by Crippen LogP contribution is -2.36. The zero-order valence-corrected chi connectivity index (χ0v) is 16.8. The van der Waals surface area contributed by atoms with Gasteiger partial charge in [0, 0.05) is 18.0 Å². The Morgan fingerprint density at radius 2 is 1.13 bits per heavy atom. The van der Waals surface area contributed by atoms with Gasteiger partial charge in [0.1, 0.15) is 5.54 Å². The maximum atomic E-state index is 13.3. The van der Waals surface area contributed by atoms with Crippen LogP contribution in [0.15, 0.2) is 122 Å². The van der Waals surface area contributed by atoms with Crippen LogP contribution < -0.4 is 0 Å². The van der Waals surface area contributed by atoms with E-state index in [-0.39, 0.29) is 0 Å². The van der Waals surface area contributed by atoms with Crippen molar-refractivity contribution in [3.05, 3.63) is 144 Å². The number of nitrogens with zero attached hydrogens (tertiary/aromatic N) is 3. The Labute approximate surface area is 180 Å². The lowest BCUT2D eigenvalue weighted by molar-refractivity contribution is 0.515. The first-order valence-corrected chi connectivity index (χ1v) is 10.1. The van der Waals surface area contributed by atoms with E-state index >= 15 is 0 Å². The van der Waals surface area contributed by atoms with E-state index in [0.29, 0.717) is 0 Å². The van der Waals surface area contributed by atoms with E-state index in [1.807, 2.05) is 30.7 Å². The van der Waals surface area contributed by atoms with Gasteiger partial charge in [0.25, 0.3) is 0 Å². The Morgan fingerprint density at radius 3 is 1.58 bits per heavy atom. The SMILES string of the molecule is Fc1ccc(-c2cn(C(c3ccccc3)(c3ccccc3)c3ccccc3)cn2)cn1. The molecule has 0 aliphatic rings. The molecule has 2 aromatic heterocycles. The van der Waals surface area contributed by atoms with Gasteiger partial charge in [0.2, 0.25) is 5.95 Å². The summed E-state index contributed by atoms with van der Waals surface area (Å²) in [5.74, 6) is -0.504. The molecule has 0 N–H and O–H groups in total. The molecule has 0 atom stereocenters. The molecule has 0 spiro atoms. The smallest absolute Gasteiger partial charge is 0.212 e. The van der Waals surface area contributed by atoms with Crippen molar-refractivity contribution in [1.29, 1.82) is 0 Å². The lowest BCUT2D eigenvalue weighted by Gasteiger charge is -2.37. The molecule has 5 rings (SSSR count). The molecule has 2 heterocycles. The van der Waals surface area contributed by atoms with Crippen LogP contribution >= 0.6 is 0 Å². The fraction of sp³-hybridized carbons (Fsp3) is 0.0370. The van der Waals surface area contributed by atoms with Gasteiger partial charge in [-0.25, -0.2) is 9.97 Å². The molecule has 3 aromatic carbocycles. The monoisotopic (exact) mass is 405 g/mol. The first-order valence-electron chi connectivity index (χ1n) is 10.1. The largest absolute Gasteiger partial charge is 0.318 e. The number of hydrogen-bond acceptors (Lipinski definition) is 2. The molecule has 0 aliphatic heterocycles. The molecular formula is C27H20FN3. The van der Waals surface area contributed by atoms with Gasteiger partial charge in [0.05, 0.1) is 12.0 Å². The van der Waals surface area contributed by atoms with Gasteiger partial charge >= 0.3 is 0 Å². The minimum Gasteiger partial charge on any atom is -0.318 e. The van der Waals surface area contributed by atoms with Crippen molar-refractivity contribution >= 4 is 0 Å². The van der Waals surface area contributed by atoms with Gasteiger partial charge in [-0.05, 0) is 28.8 Å². The second-order valence-corrected chi connectivity index (χ2v) is 7.34. The number of hydrogen-bond donors (Lipinski definition) is 0. The fourth-order valence-corrected chi connectivity index (χ4v) is 4.17. The van der Waals surface area contributed by atoms with Crippen LogP contribution in [0.1, 0.15) is 16.7 Å². The summed E-state index contributed by atoms with van der Waals surface area (Å²) < 4.78 is 15.5. The highest BCUT2D eigenvalue weighted by molar-refractivity contribution is 5.58. The van der Waals surface area contributed by atoms with Crippen LogP contribution in [0.5, 0.6) is 0 Å².